The van der Waals surface area contributed by atoms with Crippen molar-refractivity contribution in [1.29, 1.82) is 0 Å². The lowest BCUT2D eigenvalue weighted by molar-refractivity contribution is -0.116. The maximum atomic E-state index is 11.0. The topological polar surface area (TPSA) is 57.8 Å². The van der Waals surface area contributed by atoms with E-state index in [4.69, 9.17) is 0 Å². The Morgan fingerprint density at radius 2 is 1.90 bits per heavy atom. The van der Waals surface area contributed by atoms with Crippen LogP contribution in [-0.2, 0) is 11.2 Å². The predicted octanol–water partition coefficient (Wildman–Crippen LogP) is 3.83. The number of nitrogens with one attached hydrogen (secondary N) is 2. The van der Waals surface area contributed by atoms with Gasteiger partial charge >= 0.3 is 0 Å². The molecule has 0 unspecified atom stereocenters. The van der Waals surface area contributed by atoms with E-state index in [0.717, 1.165) is 29.1 Å². The van der Waals surface area contributed by atoms with Crippen molar-refractivity contribution < 1.29 is 4.79 Å². The van der Waals surface area contributed by atoms with Gasteiger partial charge in [0.25, 0.3) is 0 Å². The Morgan fingerprint density at radius 1 is 1.14 bits per heavy atom. The van der Waals surface area contributed by atoms with Crippen LogP contribution in [0.3, 0.4) is 0 Å². The molecule has 0 saturated carbocycles. The van der Waals surface area contributed by atoms with Gasteiger partial charge in [-0.25, -0.2) is 4.98 Å². The van der Waals surface area contributed by atoms with Crippen LogP contribution in [0.5, 0.6) is 0 Å². The van der Waals surface area contributed by atoms with Crippen molar-refractivity contribution in [3.8, 4) is 0 Å². The van der Waals surface area contributed by atoms with Gasteiger partial charge in [0.1, 0.15) is 5.78 Å². The van der Waals surface area contributed by atoms with Crippen LogP contribution < -0.4 is 5.32 Å². The van der Waals surface area contributed by atoms with Gasteiger partial charge < -0.3 is 15.1 Å². The van der Waals surface area contributed by atoms with E-state index in [0.29, 0.717) is 6.42 Å². The van der Waals surface area contributed by atoms with Gasteiger partial charge in [-0.2, -0.15) is 0 Å². The summed E-state index contributed by atoms with van der Waals surface area (Å²) in [6.45, 7) is 1.62. The SMILES string of the molecule is CC(=O)CCc1ccc(Nc2nc3ccccc3[nH]2)cc1. The Balaban J connectivity index is 1.71. The Kier molecular flexibility index (Phi) is 3.69. The number of imidazole rings is 1. The van der Waals surface area contributed by atoms with Crippen molar-refractivity contribution in [3.63, 3.8) is 0 Å². The van der Waals surface area contributed by atoms with Gasteiger partial charge in [-0.1, -0.05) is 24.3 Å². The number of Topliss-reactive ketones (excluding diaryl/α,β-unsaturated/α-hetero) is 1. The summed E-state index contributed by atoms with van der Waals surface area (Å²) in [4.78, 5) is 18.7. The summed E-state index contributed by atoms with van der Waals surface area (Å²) >= 11 is 0. The van der Waals surface area contributed by atoms with Crippen LogP contribution in [0.1, 0.15) is 18.9 Å². The summed E-state index contributed by atoms with van der Waals surface area (Å²) in [6, 6.07) is 16.0. The number of anilines is 2. The number of nitrogens with zero attached hydrogens (tertiary/aromatic N) is 1. The van der Waals surface area contributed by atoms with Crippen LogP contribution in [0.15, 0.2) is 48.5 Å². The van der Waals surface area contributed by atoms with Crippen molar-refractivity contribution >= 4 is 28.5 Å². The first-order chi connectivity index (χ1) is 10.2. The molecule has 0 aliphatic carbocycles. The minimum Gasteiger partial charge on any atom is -0.326 e. The Hall–Kier alpha value is -2.62. The fourth-order valence-corrected chi connectivity index (χ4v) is 2.22. The monoisotopic (exact) mass is 279 g/mol. The van der Waals surface area contributed by atoms with Crippen molar-refractivity contribution in [1.82, 2.24) is 9.97 Å². The van der Waals surface area contributed by atoms with Crippen molar-refractivity contribution in [2.45, 2.75) is 19.8 Å². The first-order valence-electron chi connectivity index (χ1n) is 7.01. The molecular formula is C17H17N3O. The van der Waals surface area contributed by atoms with Gasteiger partial charge in [0, 0.05) is 12.1 Å². The molecule has 0 fully saturated rings. The summed E-state index contributed by atoms with van der Waals surface area (Å²) in [7, 11) is 0. The molecule has 4 heteroatoms. The molecule has 4 nitrogen and oxygen atoms in total. The molecule has 0 atom stereocenters. The number of carbonyl (C=O) groups is 1. The van der Waals surface area contributed by atoms with Crippen LogP contribution in [0.2, 0.25) is 0 Å². The van der Waals surface area contributed by atoms with E-state index < -0.39 is 0 Å². The highest BCUT2D eigenvalue weighted by Crippen LogP contribution is 2.18. The van der Waals surface area contributed by atoms with E-state index in [2.05, 4.69) is 15.3 Å². The van der Waals surface area contributed by atoms with Crippen molar-refractivity contribution in [3.05, 3.63) is 54.1 Å². The highest BCUT2D eigenvalue weighted by atomic mass is 16.1. The fraction of sp³-hybridized carbons (Fsp3) is 0.176. The van der Waals surface area contributed by atoms with Crippen LogP contribution in [-0.4, -0.2) is 15.8 Å². The number of para-hydroxylation sites is 2. The second-order valence-electron chi connectivity index (χ2n) is 5.13. The largest absolute Gasteiger partial charge is 0.326 e. The standard InChI is InChI=1S/C17H17N3O/c1-12(21)6-7-13-8-10-14(11-9-13)18-17-19-15-4-2-3-5-16(15)20-17/h2-5,8-11H,6-7H2,1H3,(H2,18,19,20). The number of aryl methyl sites for hydroxylation is 1. The number of hydrogen-bond acceptors (Lipinski definition) is 3. The summed E-state index contributed by atoms with van der Waals surface area (Å²) in [5.41, 5.74) is 4.09. The van der Waals surface area contributed by atoms with Gasteiger partial charge in [-0.15, -0.1) is 0 Å². The molecule has 1 aromatic heterocycles. The number of benzene rings is 2. The van der Waals surface area contributed by atoms with Gasteiger partial charge in [0.05, 0.1) is 11.0 Å². The summed E-state index contributed by atoms with van der Waals surface area (Å²) in [6.07, 6.45) is 1.39. The highest BCUT2D eigenvalue weighted by Gasteiger charge is 2.02. The Bertz CT molecular complexity index is 726. The third kappa shape index (κ3) is 3.28. The summed E-state index contributed by atoms with van der Waals surface area (Å²) < 4.78 is 0. The first-order valence-corrected chi connectivity index (χ1v) is 7.01. The molecule has 21 heavy (non-hydrogen) atoms. The number of fused-ring (bicyclic) bond motifs is 1. The quantitative estimate of drug-likeness (QED) is 0.746. The second kappa shape index (κ2) is 5.79. The zero-order chi connectivity index (χ0) is 14.7. The maximum Gasteiger partial charge on any atom is 0.205 e. The highest BCUT2D eigenvalue weighted by molar-refractivity contribution is 5.78. The van der Waals surface area contributed by atoms with E-state index in [1.54, 1.807) is 6.92 Å². The Labute approximate surface area is 123 Å². The first kappa shape index (κ1) is 13.4. The molecule has 106 valence electrons. The predicted molar refractivity (Wildman–Crippen MR) is 84.8 cm³/mol. The second-order valence-corrected chi connectivity index (χ2v) is 5.13. The molecule has 0 radical (unpaired) electrons. The lowest BCUT2D eigenvalue weighted by Crippen LogP contribution is -1.95. The summed E-state index contributed by atoms with van der Waals surface area (Å²) in [5.74, 6) is 0.951. The number of H-pyrrole nitrogens is 1. The van der Waals surface area contributed by atoms with E-state index in [1.165, 1.54) is 5.56 Å². The molecule has 0 amide bonds. The van der Waals surface area contributed by atoms with E-state index in [9.17, 15) is 4.79 Å². The Morgan fingerprint density at radius 3 is 2.62 bits per heavy atom. The molecule has 1 heterocycles. The van der Waals surface area contributed by atoms with Crippen LogP contribution in [0.4, 0.5) is 11.6 Å². The van der Waals surface area contributed by atoms with Crippen LogP contribution in [0.25, 0.3) is 11.0 Å². The molecule has 3 aromatic rings. The molecule has 2 N–H and O–H groups in total. The third-order valence-corrected chi connectivity index (χ3v) is 3.37. The molecule has 3 rings (SSSR count). The normalized spacial score (nSPS) is 10.7. The maximum absolute atomic E-state index is 11.0. The van der Waals surface area contributed by atoms with E-state index >= 15 is 0 Å². The van der Waals surface area contributed by atoms with Gasteiger partial charge in [0.15, 0.2) is 0 Å². The van der Waals surface area contributed by atoms with Crippen molar-refractivity contribution in [2.75, 3.05) is 5.32 Å². The number of aromatic nitrogens is 2. The minimum absolute atomic E-state index is 0.222. The lowest BCUT2D eigenvalue weighted by atomic mass is 10.1. The molecule has 0 aliphatic rings. The van der Waals surface area contributed by atoms with Gasteiger partial charge in [-0.3, -0.25) is 0 Å². The molecule has 0 bridgehead atoms. The average molecular weight is 279 g/mol. The molecule has 0 aliphatic heterocycles. The zero-order valence-corrected chi connectivity index (χ0v) is 11.9. The molecule has 0 saturated heterocycles. The fourth-order valence-electron chi connectivity index (χ4n) is 2.22. The average Bonchev–Trinajstić information content (AvgIpc) is 2.88. The summed E-state index contributed by atoms with van der Waals surface area (Å²) in [5, 5.41) is 3.25. The number of hydrogen-bond donors (Lipinski definition) is 2. The molecule has 0 spiro atoms. The molecular weight excluding hydrogens is 262 g/mol. The van der Waals surface area contributed by atoms with E-state index in [-0.39, 0.29) is 5.78 Å². The lowest BCUT2D eigenvalue weighted by Gasteiger charge is -2.04. The van der Waals surface area contributed by atoms with Crippen LogP contribution in [0, 0.1) is 0 Å². The zero-order valence-electron chi connectivity index (χ0n) is 11.9. The number of carbonyl (C=O) groups excluding carboxylic acids is 1. The third-order valence-electron chi connectivity index (χ3n) is 3.37. The number of aromatic amines is 1. The number of ketones is 1. The van der Waals surface area contributed by atoms with Gasteiger partial charge in [0.2, 0.25) is 5.95 Å². The van der Waals surface area contributed by atoms with Gasteiger partial charge in [-0.05, 0) is 43.2 Å². The molecule has 2 aromatic carbocycles. The minimum atomic E-state index is 0.222. The van der Waals surface area contributed by atoms with Crippen LogP contribution >= 0.6 is 0 Å². The van der Waals surface area contributed by atoms with E-state index in [1.807, 2.05) is 48.5 Å². The van der Waals surface area contributed by atoms with Crippen molar-refractivity contribution in [2.24, 2.45) is 0 Å². The number of rotatable bonds is 5. The smallest absolute Gasteiger partial charge is 0.205 e.